The first-order valence-corrected chi connectivity index (χ1v) is 6.32. The van der Waals surface area contributed by atoms with Crippen molar-refractivity contribution in [2.45, 2.75) is 25.3 Å². The zero-order chi connectivity index (χ0) is 13.2. The van der Waals surface area contributed by atoms with Crippen LogP contribution >= 0.6 is 0 Å². The van der Waals surface area contributed by atoms with Crippen molar-refractivity contribution in [2.75, 3.05) is 26.8 Å². The Morgan fingerprint density at radius 3 is 2.72 bits per heavy atom. The Balaban J connectivity index is 1.87. The van der Waals surface area contributed by atoms with Crippen molar-refractivity contribution in [3.8, 4) is 0 Å². The Labute approximate surface area is 106 Å². The molecule has 0 bridgehead atoms. The van der Waals surface area contributed by atoms with Gasteiger partial charge in [-0.1, -0.05) is 0 Å². The summed E-state index contributed by atoms with van der Waals surface area (Å²) in [6, 6.07) is -0.943. The van der Waals surface area contributed by atoms with Crippen molar-refractivity contribution in [2.24, 2.45) is 11.3 Å². The molecular formula is C12H20N2O4. The minimum absolute atomic E-state index is 0.00233. The molecule has 2 unspecified atom stereocenters. The summed E-state index contributed by atoms with van der Waals surface area (Å²) in [4.78, 5) is 22.9. The first kappa shape index (κ1) is 13.3. The molecule has 0 aromatic rings. The van der Waals surface area contributed by atoms with Crippen molar-refractivity contribution >= 4 is 11.9 Å². The van der Waals surface area contributed by atoms with Gasteiger partial charge < -0.3 is 20.5 Å². The SMILES string of the molecule is COCC(NC(=O)C1CC12CCNCC2)C(=O)O. The van der Waals surface area contributed by atoms with E-state index in [1.165, 1.54) is 7.11 Å². The predicted octanol–water partition coefficient (Wildman–Crippen LogP) is -0.408. The highest BCUT2D eigenvalue weighted by molar-refractivity contribution is 5.87. The van der Waals surface area contributed by atoms with Gasteiger partial charge in [0, 0.05) is 13.0 Å². The van der Waals surface area contributed by atoms with Crippen LogP contribution in [0.2, 0.25) is 0 Å². The first-order chi connectivity index (χ1) is 8.59. The number of nitrogens with one attached hydrogen (secondary N) is 2. The van der Waals surface area contributed by atoms with E-state index in [2.05, 4.69) is 10.6 Å². The summed E-state index contributed by atoms with van der Waals surface area (Å²) in [7, 11) is 1.42. The minimum atomic E-state index is -1.05. The number of rotatable bonds is 5. The molecule has 1 spiro atoms. The van der Waals surface area contributed by atoms with Gasteiger partial charge >= 0.3 is 5.97 Å². The molecule has 1 saturated heterocycles. The summed E-state index contributed by atoms with van der Waals surface area (Å²) in [5.41, 5.74) is 0.130. The highest BCUT2D eigenvalue weighted by Crippen LogP contribution is 2.58. The lowest BCUT2D eigenvalue weighted by atomic mass is 9.91. The molecule has 18 heavy (non-hydrogen) atoms. The largest absolute Gasteiger partial charge is 0.480 e. The van der Waals surface area contributed by atoms with Crippen molar-refractivity contribution in [1.29, 1.82) is 0 Å². The quantitative estimate of drug-likeness (QED) is 0.622. The zero-order valence-corrected chi connectivity index (χ0v) is 10.6. The molecule has 2 atom stereocenters. The van der Waals surface area contributed by atoms with Crippen LogP contribution in [0.1, 0.15) is 19.3 Å². The number of piperidine rings is 1. The van der Waals surface area contributed by atoms with Gasteiger partial charge in [-0.3, -0.25) is 4.79 Å². The number of hydrogen-bond donors (Lipinski definition) is 3. The van der Waals surface area contributed by atoms with E-state index in [0.29, 0.717) is 0 Å². The van der Waals surface area contributed by atoms with E-state index in [1.54, 1.807) is 0 Å². The van der Waals surface area contributed by atoms with Crippen LogP contribution in [0.4, 0.5) is 0 Å². The number of hydrogen-bond acceptors (Lipinski definition) is 4. The lowest BCUT2D eigenvalue weighted by molar-refractivity contribution is -0.143. The monoisotopic (exact) mass is 256 g/mol. The maximum Gasteiger partial charge on any atom is 0.328 e. The first-order valence-electron chi connectivity index (χ1n) is 6.32. The average Bonchev–Trinajstić information content (AvgIpc) is 3.03. The summed E-state index contributed by atoms with van der Waals surface area (Å²) < 4.78 is 4.80. The number of carbonyl (C=O) groups is 2. The van der Waals surface area contributed by atoms with E-state index in [-0.39, 0.29) is 23.8 Å². The molecule has 1 saturated carbocycles. The molecule has 0 radical (unpaired) electrons. The van der Waals surface area contributed by atoms with Gasteiger partial charge in [0.05, 0.1) is 6.61 Å². The maximum absolute atomic E-state index is 12.0. The fourth-order valence-corrected chi connectivity index (χ4v) is 2.81. The average molecular weight is 256 g/mol. The number of amides is 1. The van der Waals surface area contributed by atoms with E-state index < -0.39 is 12.0 Å². The Bertz CT molecular complexity index is 339. The molecule has 0 aromatic heterocycles. The number of carbonyl (C=O) groups excluding carboxylic acids is 1. The van der Waals surface area contributed by atoms with E-state index >= 15 is 0 Å². The van der Waals surface area contributed by atoms with Crippen LogP contribution in [-0.2, 0) is 14.3 Å². The minimum Gasteiger partial charge on any atom is -0.480 e. The molecule has 6 nitrogen and oxygen atoms in total. The third-order valence-electron chi connectivity index (χ3n) is 4.05. The van der Waals surface area contributed by atoms with Gasteiger partial charge in [0.25, 0.3) is 0 Å². The second-order valence-corrected chi connectivity index (χ2v) is 5.22. The number of carboxylic acid groups (broad SMARTS) is 1. The highest BCUT2D eigenvalue weighted by atomic mass is 16.5. The van der Waals surface area contributed by atoms with E-state index in [4.69, 9.17) is 9.84 Å². The molecule has 1 amide bonds. The molecule has 2 rings (SSSR count). The lowest BCUT2D eigenvalue weighted by Crippen LogP contribution is -2.45. The normalized spacial score (nSPS) is 26.6. The van der Waals surface area contributed by atoms with Crippen molar-refractivity contribution in [3.05, 3.63) is 0 Å². The zero-order valence-electron chi connectivity index (χ0n) is 10.6. The molecule has 6 heteroatoms. The topological polar surface area (TPSA) is 87.7 Å². The molecule has 1 aliphatic carbocycles. The van der Waals surface area contributed by atoms with Crippen LogP contribution in [0.15, 0.2) is 0 Å². The van der Waals surface area contributed by atoms with Crippen LogP contribution in [0, 0.1) is 11.3 Å². The smallest absolute Gasteiger partial charge is 0.328 e. The van der Waals surface area contributed by atoms with Crippen LogP contribution in [0.5, 0.6) is 0 Å². The van der Waals surface area contributed by atoms with Gasteiger partial charge in [-0.25, -0.2) is 4.79 Å². The third-order valence-corrected chi connectivity index (χ3v) is 4.05. The summed E-state index contributed by atoms with van der Waals surface area (Å²) in [6.45, 7) is 1.90. The van der Waals surface area contributed by atoms with Gasteiger partial charge in [-0.15, -0.1) is 0 Å². The van der Waals surface area contributed by atoms with E-state index in [1.807, 2.05) is 0 Å². The number of methoxy groups -OCH3 is 1. The van der Waals surface area contributed by atoms with Gasteiger partial charge in [0.2, 0.25) is 5.91 Å². The van der Waals surface area contributed by atoms with Crippen LogP contribution in [0.25, 0.3) is 0 Å². The number of ether oxygens (including phenoxy) is 1. The van der Waals surface area contributed by atoms with E-state index in [0.717, 1.165) is 32.4 Å². The highest BCUT2D eigenvalue weighted by Gasteiger charge is 2.57. The summed E-state index contributed by atoms with van der Waals surface area (Å²) in [5, 5.41) is 14.8. The summed E-state index contributed by atoms with van der Waals surface area (Å²) in [6.07, 6.45) is 2.90. The Kier molecular flexibility index (Phi) is 3.87. The lowest BCUT2D eigenvalue weighted by Gasteiger charge is -2.23. The van der Waals surface area contributed by atoms with Gasteiger partial charge in [0.15, 0.2) is 6.04 Å². The third kappa shape index (κ3) is 2.64. The van der Waals surface area contributed by atoms with Crippen LogP contribution in [-0.4, -0.2) is 49.8 Å². The Morgan fingerprint density at radius 2 is 2.17 bits per heavy atom. The predicted molar refractivity (Wildman–Crippen MR) is 64.1 cm³/mol. The van der Waals surface area contributed by atoms with E-state index in [9.17, 15) is 9.59 Å². The van der Waals surface area contributed by atoms with Gasteiger partial charge in [-0.2, -0.15) is 0 Å². The maximum atomic E-state index is 12.0. The molecule has 2 aliphatic rings. The fourth-order valence-electron chi connectivity index (χ4n) is 2.81. The number of aliphatic carboxylic acids is 1. The second kappa shape index (κ2) is 5.24. The molecule has 1 heterocycles. The standard InChI is InChI=1S/C12H20N2O4/c1-18-7-9(11(16)17)14-10(15)8-6-12(8)2-4-13-5-3-12/h8-9,13H,2-7H2,1H3,(H,14,15)(H,16,17). The number of carboxylic acids is 1. The Morgan fingerprint density at radius 1 is 1.50 bits per heavy atom. The van der Waals surface area contributed by atoms with Crippen LogP contribution in [0.3, 0.4) is 0 Å². The second-order valence-electron chi connectivity index (χ2n) is 5.22. The van der Waals surface area contributed by atoms with Crippen LogP contribution < -0.4 is 10.6 Å². The van der Waals surface area contributed by atoms with Gasteiger partial charge in [0.1, 0.15) is 0 Å². The fraction of sp³-hybridized carbons (Fsp3) is 0.833. The molecule has 3 N–H and O–H groups in total. The molecule has 1 aliphatic heterocycles. The summed E-state index contributed by atoms with van der Waals surface area (Å²) in [5.74, 6) is -1.20. The van der Waals surface area contributed by atoms with Gasteiger partial charge in [-0.05, 0) is 37.8 Å². The molecular weight excluding hydrogens is 236 g/mol. The molecule has 102 valence electrons. The Hall–Kier alpha value is -1.14. The molecule has 2 fully saturated rings. The van der Waals surface area contributed by atoms with Crippen molar-refractivity contribution < 1.29 is 19.4 Å². The van der Waals surface area contributed by atoms with Crippen molar-refractivity contribution in [1.82, 2.24) is 10.6 Å². The van der Waals surface area contributed by atoms with Crippen molar-refractivity contribution in [3.63, 3.8) is 0 Å². The summed E-state index contributed by atoms with van der Waals surface area (Å²) >= 11 is 0. The molecule has 0 aromatic carbocycles.